The summed E-state index contributed by atoms with van der Waals surface area (Å²) in [5, 5.41) is 0.658. The maximum atomic E-state index is 5.70. The number of anilines is 1. The molecule has 4 heteroatoms. The molecule has 0 radical (unpaired) electrons. The predicted octanol–water partition coefficient (Wildman–Crippen LogP) is 2.27. The fourth-order valence-electron chi connectivity index (χ4n) is 1.51. The molecule has 78 valence electrons. The van der Waals surface area contributed by atoms with Crippen molar-refractivity contribution in [2.75, 3.05) is 5.73 Å². The standard InChI is InChI=1S/C11H13N3S/c1-2-9-10(15-11(12)14-9)6-8-4-3-5-13-7-8/h3-5,7H,2,6H2,1H3,(H2,12,14). The third kappa shape index (κ3) is 2.33. The predicted molar refractivity (Wildman–Crippen MR) is 62.9 cm³/mol. The van der Waals surface area contributed by atoms with Gasteiger partial charge in [-0.15, -0.1) is 11.3 Å². The molecule has 2 rings (SSSR count). The Kier molecular flexibility index (Phi) is 2.97. The largest absolute Gasteiger partial charge is 0.375 e. The Morgan fingerprint density at radius 2 is 2.33 bits per heavy atom. The number of thiazole rings is 1. The average Bonchev–Trinajstić information content (AvgIpc) is 2.60. The van der Waals surface area contributed by atoms with Crippen LogP contribution in [0.15, 0.2) is 24.5 Å². The molecule has 0 saturated heterocycles. The SMILES string of the molecule is CCc1nc(N)sc1Cc1cccnc1. The third-order valence-corrected chi connectivity index (χ3v) is 3.14. The van der Waals surface area contributed by atoms with Crippen molar-refractivity contribution >= 4 is 16.5 Å². The van der Waals surface area contributed by atoms with E-state index in [0.717, 1.165) is 18.5 Å². The fourth-order valence-corrected chi connectivity index (χ4v) is 2.46. The van der Waals surface area contributed by atoms with Gasteiger partial charge in [0.15, 0.2) is 5.13 Å². The Hall–Kier alpha value is -1.42. The summed E-state index contributed by atoms with van der Waals surface area (Å²) in [6.45, 7) is 2.10. The van der Waals surface area contributed by atoms with Crippen molar-refractivity contribution in [3.05, 3.63) is 40.7 Å². The van der Waals surface area contributed by atoms with Crippen molar-refractivity contribution in [3.8, 4) is 0 Å². The highest BCUT2D eigenvalue weighted by Gasteiger charge is 2.08. The smallest absolute Gasteiger partial charge is 0.180 e. The molecule has 2 N–H and O–H groups in total. The van der Waals surface area contributed by atoms with E-state index in [-0.39, 0.29) is 0 Å². The van der Waals surface area contributed by atoms with Gasteiger partial charge in [0, 0.05) is 23.7 Å². The molecule has 0 amide bonds. The molecule has 2 aromatic rings. The van der Waals surface area contributed by atoms with Crippen LogP contribution in [-0.2, 0) is 12.8 Å². The van der Waals surface area contributed by atoms with Crippen LogP contribution >= 0.6 is 11.3 Å². The number of nitrogens with zero attached hydrogens (tertiary/aromatic N) is 2. The first-order valence-electron chi connectivity index (χ1n) is 4.92. The van der Waals surface area contributed by atoms with E-state index >= 15 is 0 Å². The van der Waals surface area contributed by atoms with Gasteiger partial charge in [-0.2, -0.15) is 0 Å². The molecule has 2 aromatic heterocycles. The van der Waals surface area contributed by atoms with Gasteiger partial charge in [-0.25, -0.2) is 4.98 Å². The zero-order chi connectivity index (χ0) is 10.7. The Bertz CT molecular complexity index is 436. The zero-order valence-corrected chi connectivity index (χ0v) is 9.42. The lowest BCUT2D eigenvalue weighted by molar-refractivity contribution is 1.02. The summed E-state index contributed by atoms with van der Waals surface area (Å²) in [4.78, 5) is 9.65. The van der Waals surface area contributed by atoms with E-state index in [1.807, 2.05) is 12.3 Å². The van der Waals surface area contributed by atoms with Crippen molar-refractivity contribution in [2.45, 2.75) is 19.8 Å². The molecule has 2 heterocycles. The van der Waals surface area contributed by atoms with Gasteiger partial charge in [0.2, 0.25) is 0 Å². The molecule has 0 aliphatic heterocycles. The first-order valence-corrected chi connectivity index (χ1v) is 5.74. The molecule has 0 aliphatic carbocycles. The second kappa shape index (κ2) is 4.40. The number of aromatic nitrogens is 2. The highest BCUT2D eigenvalue weighted by atomic mass is 32.1. The van der Waals surface area contributed by atoms with E-state index in [0.29, 0.717) is 5.13 Å². The monoisotopic (exact) mass is 219 g/mol. The van der Waals surface area contributed by atoms with E-state index in [9.17, 15) is 0 Å². The van der Waals surface area contributed by atoms with E-state index in [2.05, 4.69) is 23.0 Å². The van der Waals surface area contributed by atoms with E-state index in [1.54, 1.807) is 17.5 Å². The lowest BCUT2D eigenvalue weighted by atomic mass is 10.1. The maximum absolute atomic E-state index is 5.70. The average molecular weight is 219 g/mol. The van der Waals surface area contributed by atoms with Crippen molar-refractivity contribution < 1.29 is 0 Å². The van der Waals surface area contributed by atoms with Gasteiger partial charge in [-0.1, -0.05) is 13.0 Å². The molecule has 0 saturated carbocycles. The Morgan fingerprint density at radius 3 is 3.00 bits per heavy atom. The fraction of sp³-hybridized carbons (Fsp3) is 0.273. The highest BCUT2D eigenvalue weighted by molar-refractivity contribution is 7.15. The summed E-state index contributed by atoms with van der Waals surface area (Å²) < 4.78 is 0. The molecule has 0 atom stereocenters. The van der Waals surface area contributed by atoms with Crippen molar-refractivity contribution in [3.63, 3.8) is 0 Å². The molecule has 0 fully saturated rings. The first kappa shape index (κ1) is 10.1. The van der Waals surface area contributed by atoms with Gasteiger partial charge in [-0.3, -0.25) is 4.98 Å². The van der Waals surface area contributed by atoms with Gasteiger partial charge >= 0.3 is 0 Å². The minimum Gasteiger partial charge on any atom is -0.375 e. The van der Waals surface area contributed by atoms with Crippen molar-refractivity contribution in [1.82, 2.24) is 9.97 Å². The van der Waals surface area contributed by atoms with Gasteiger partial charge in [0.05, 0.1) is 5.69 Å². The van der Waals surface area contributed by atoms with Crippen LogP contribution in [0.5, 0.6) is 0 Å². The number of nitrogen functional groups attached to an aromatic ring is 1. The van der Waals surface area contributed by atoms with Crippen LogP contribution < -0.4 is 5.73 Å². The number of hydrogen-bond acceptors (Lipinski definition) is 4. The number of rotatable bonds is 3. The molecule has 0 aromatic carbocycles. The molecular formula is C11H13N3S. The van der Waals surface area contributed by atoms with E-state index in [4.69, 9.17) is 5.73 Å². The Labute approximate surface area is 93.0 Å². The maximum Gasteiger partial charge on any atom is 0.180 e. The Morgan fingerprint density at radius 1 is 1.47 bits per heavy atom. The summed E-state index contributed by atoms with van der Waals surface area (Å²) in [5.41, 5.74) is 8.02. The van der Waals surface area contributed by atoms with Crippen LogP contribution in [0.4, 0.5) is 5.13 Å². The number of aryl methyl sites for hydroxylation is 1. The minimum absolute atomic E-state index is 0.658. The van der Waals surface area contributed by atoms with Gasteiger partial charge in [0.25, 0.3) is 0 Å². The van der Waals surface area contributed by atoms with Crippen LogP contribution in [-0.4, -0.2) is 9.97 Å². The summed E-state index contributed by atoms with van der Waals surface area (Å²) in [7, 11) is 0. The van der Waals surface area contributed by atoms with Crippen LogP contribution in [0, 0.1) is 0 Å². The van der Waals surface area contributed by atoms with Crippen LogP contribution in [0.1, 0.15) is 23.1 Å². The second-order valence-electron chi connectivity index (χ2n) is 3.31. The second-order valence-corrected chi connectivity index (χ2v) is 4.43. The zero-order valence-electron chi connectivity index (χ0n) is 8.60. The topological polar surface area (TPSA) is 51.8 Å². The van der Waals surface area contributed by atoms with E-state index < -0.39 is 0 Å². The molecule has 15 heavy (non-hydrogen) atoms. The Balaban J connectivity index is 2.24. The first-order chi connectivity index (χ1) is 7.29. The van der Waals surface area contributed by atoms with Gasteiger partial charge in [-0.05, 0) is 18.1 Å². The molecule has 3 nitrogen and oxygen atoms in total. The number of nitrogens with two attached hydrogens (primary N) is 1. The normalized spacial score (nSPS) is 10.5. The molecular weight excluding hydrogens is 206 g/mol. The van der Waals surface area contributed by atoms with Crippen molar-refractivity contribution in [1.29, 1.82) is 0 Å². The molecule has 0 unspecified atom stereocenters. The lowest BCUT2D eigenvalue weighted by Crippen LogP contribution is -1.91. The quantitative estimate of drug-likeness (QED) is 0.861. The lowest BCUT2D eigenvalue weighted by Gasteiger charge is -1.99. The van der Waals surface area contributed by atoms with Crippen LogP contribution in [0.3, 0.4) is 0 Å². The summed E-state index contributed by atoms with van der Waals surface area (Å²) in [6, 6.07) is 4.02. The van der Waals surface area contributed by atoms with Gasteiger partial charge < -0.3 is 5.73 Å². The van der Waals surface area contributed by atoms with Crippen molar-refractivity contribution in [2.24, 2.45) is 0 Å². The van der Waals surface area contributed by atoms with Crippen LogP contribution in [0.2, 0.25) is 0 Å². The number of hydrogen-bond donors (Lipinski definition) is 1. The number of pyridine rings is 1. The summed E-state index contributed by atoms with van der Waals surface area (Å²) in [6.07, 6.45) is 5.48. The summed E-state index contributed by atoms with van der Waals surface area (Å²) >= 11 is 1.57. The molecule has 0 bridgehead atoms. The summed E-state index contributed by atoms with van der Waals surface area (Å²) in [5.74, 6) is 0. The van der Waals surface area contributed by atoms with Crippen LogP contribution in [0.25, 0.3) is 0 Å². The van der Waals surface area contributed by atoms with Gasteiger partial charge in [0.1, 0.15) is 0 Å². The van der Waals surface area contributed by atoms with E-state index in [1.165, 1.54) is 10.4 Å². The highest BCUT2D eigenvalue weighted by Crippen LogP contribution is 2.23. The third-order valence-electron chi connectivity index (χ3n) is 2.22. The molecule has 0 aliphatic rings. The molecule has 0 spiro atoms. The minimum atomic E-state index is 0.658.